The van der Waals surface area contributed by atoms with Crippen LogP contribution in [0.3, 0.4) is 0 Å². The summed E-state index contributed by atoms with van der Waals surface area (Å²) in [4.78, 5) is 25.2. The fraction of sp³-hybridized carbons (Fsp3) is 0.250. The van der Waals surface area contributed by atoms with Crippen LogP contribution in [0.15, 0.2) is 48.5 Å². The first kappa shape index (κ1) is 17.8. The van der Waals surface area contributed by atoms with Crippen molar-refractivity contribution in [2.24, 2.45) is 0 Å². The predicted molar refractivity (Wildman–Crippen MR) is 98.9 cm³/mol. The molecule has 0 bridgehead atoms. The molecule has 0 saturated carbocycles. The number of hydrogen-bond donors (Lipinski definition) is 0. The Morgan fingerprint density at radius 1 is 1.08 bits per heavy atom. The summed E-state index contributed by atoms with van der Waals surface area (Å²) in [6.45, 7) is 1.64. The van der Waals surface area contributed by atoms with E-state index in [9.17, 15) is 19.3 Å². The second-order valence-corrected chi connectivity index (χ2v) is 6.26. The SMILES string of the molecule is O=C(C=Cc1ccc(N2CCCCC2)c([N+](=O)[O-])c1)c1ccc(F)cc1. The standard InChI is InChI=1S/C20H19FN2O3/c21-17-8-6-16(7-9-17)20(24)11-5-15-4-10-18(19(14-15)23(25)26)22-12-2-1-3-13-22/h4-11,14H,1-3,12-13H2. The van der Waals surface area contributed by atoms with E-state index >= 15 is 0 Å². The first-order valence-electron chi connectivity index (χ1n) is 8.56. The number of anilines is 1. The molecule has 0 N–H and O–H groups in total. The van der Waals surface area contributed by atoms with Crippen molar-refractivity contribution >= 4 is 23.2 Å². The molecule has 0 atom stereocenters. The summed E-state index contributed by atoms with van der Waals surface area (Å²) in [7, 11) is 0. The van der Waals surface area contributed by atoms with Crippen molar-refractivity contribution < 1.29 is 14.1 Å². The zero-order valence-electron chi connectivity index (χ0n) is 14.2. The van der Waals surface area contributed by atoms with Gasteiger partial charge >= 0.3 is 0 Å². The van der Waals surface area contributed by atoms with Gasteiger partial charge in [-0.25, -0.2) is 4.39 Å². The smallest absolute Gasteiger partial charge is 0.293 e. The van der Waals surface area contributed by atoms with Gasteiger partial charge in [-0.05, 0) is 61.2 Å². The molecule has 1 aliphatic rings. The second kappa shape index (κ2) is 7.91. The van der Waals surface area contributed by atoms with Gasteiger partial charge in [0.05, 0.1) is 4.92 Å². The first-order chi connectivity index (χ1) is 12.5. The summed E-state index contributed by atoms with van der Waals surface area (Å²) in [5.41, 5.74) is 1.61. The Morgan fingerprint density at radius 2 is 1.77 bits per heavy atom. The molecular formula is C20H19FN2O3. The van der Waals surface area contributed by atoms with Gasteiger partial charge < -0.3 is 4.90 Å². The molecule has 26 heavy (non-hydrogen) atoms. The summed E-state index contributed by atoms with van der Waals surface area (Å²) in [5.74, 6) is -0.692. The minimum absolute atomic E-state index is 0.0447. The van der Waals surface area contributed by atoms with Crippen LogP contribution in [0.2, 0.25) is 0 Å². The highest BCUT2D eigenvalue weighted by Gasteiger charge is 2.21. The average Bonchev–Trinajstić information content (AvgIpc) is 2.67. The van der Waals surface area contributed by atoms with Gasteiger partial charge in [-0.2, -0.15) is 0 Å². The van der Waals surface area contributed by atoms with Crippen molar-refractivity contribution in [3.05, 3.63) is 75.6 Å². The number of nitrogens with zero attached hydrogens (tertiary/aromatic N) is 2. The highest BCUT2D eigenvalue weighted by molar-refractivity contribution is 6.06. The number of allylic oxidation sites excluding steroid dienone is 1. The van der Waals surface area contributed by atoms with E-state index in [0.717, 1.165) is 32.4 Å². The van der Waals surface area contributed by atoms with Crippen LogP contribution in [0.4, 0.5) is 15.8 Å². The van der Waals surface area contributed by atoms with Crippen molar-refractivity contribution in [1.29, 1.82) is 0 Å². The summed E-state index contributed by atoms with van der Waals surface area (Å²) >= 11 is 0. The quantitative estimate of drug-likeness (QED) is 0.340. The third-order valence-corrected chi connectivity index (χ3v) is 4.45. The molecule has 0 unspecified atom stereocenters. The van der Waals surface area contributed by atoms with Gasteiger partial charge in [-0.15, -0.1) is 0 Å². The molecule has 2 aromatic rings. The normalized spacial score (nSPS) is 14.6. The van der Waals surface area contributed by atoms with E-state index in [0.29, 0.717) is 16.8 Å². The average molecular weight is 354 g/mol. The molecule has 0 radical (unpaired) electrons. The Labute approximate surface area is 150 Å². The molecule has 1 aliphatic heterocycles. The Hall–Kier alpha value is -3.02. The molecule has 5 nitrogen and oxygen atoms in total. The van der Waals surface area contributed by atoms with Crippen molar-refractivity contribution in [3.63, 3.8) is 0 Å². The summed E-state index contributed by atoms with van der Waals surface area (Å²) in [5, 5.41) is 11.5. The Morgan fingerprint density at radius 3 is 2.42 bits per heavy atom. The minimum Gasteiger partial charge on any atom is -0.366 e. The number of halogens is 1. The van der Waals surface area contributed by atoms with Crippen LogP contribution < -0.4 is 4.90 Å². The molecule has 2 aromatic carbocycles. The van der Waals surface area contributed by atoms with Gasteiger partial charge in [-0.1, -0.05) is 12.1 Å². The van der Waals surface area contributed by atoms with Crippen molar-refractivity contribution in [1.82, 2.24) is 0 Å². The zero-order chi connectivity index (χ0) is 18.5. The first-order valence-corrected chi connectivity index (χ1v) is 8.56. The van der Waals surface area contributed by atoms with Crippen LogP contribution in [-0.4, -0.2) is 23.8 Å². The van der Waals surface area contributed by atoms with Gasteiger partial charge in [-0.3, -0.25) is 14.9 Å². The molecule has 1 saturated heterocycles. The van der Waals surface area contributed by atoms with Crippen LogP contribution >= 0.6 is 0 Å². The third kappa shape index (κ3) is 4.14. The molecule has 134 valence electrons. The number of nitro groups is 1. The highest BCUT2D eigenvalue weighted by Crippen LogP contribution is 2.31. The Kier molecular flexibility index (Phi) is 5.41. The van der Waals surface area contributed by atoms with Gasteiger partial charge in [0.15, 0.2) is 5.78 Å². The molecule has 1 heterocycles. The Balaban J connectivity index is 1.81. The van der Waals surface area contributed by atoms with Crippen molar-refractivity contribution in [2.45, 2.75) is 19.3 Å². The summed E-state index contributed by atoms with van der Waals surface area (Å²) < 4.78 is 12.9. The largest absolute Gasteiger partial charge is 0.366 e. The zero-order valence-corrected chi connectivity index (χ0v) is 14.2. The molecule has 6 heteroatoms. The number of benzene rings is 2. The van der Waals surface area contributed by atoms with Crippen molar-refractivity contribution in [3.8, 4) is 0 Å². The maximum absolute atomic E-state index is 12.9. The minimum atomic E-state index is -0.408. The highest BCUT2D eigenvalue weighted by atomic mass is 19.1. The second-order valence-electron chi connectivity index (χ2n) is 6.26. The molecule has 3 rings (SSSR count). The molecule has 0 aliphatic carbocycles. The van der Waals surface area contributed by atoms with E-state index in [4.69, 9.17) is 0 Å². The lowest BCUT2D eigenvalue weighted by atomic mass is 10.1. The number of carbonyl (C=O) groups excluding carboxylic acids is 1. The molecule has 0 amide bonds. The fourth-order valence-corrected chi connectivity index (χ4v) is 3.07. The molecule has 0 aromatic heterocycles. The topological polar surface area (TPSA) is 63.5 Å². The fourth-order valence-electron chi connectivity index (χ4n) is 3.07. The number of ketones is 1. The number of rotatable bonds is 5. The maximum Gasteiger partial charge on any atom is 0.293 e. The third-order valence-electron chi connectivity index (χ3n) is 4.45. The number of hydrogen-bond acceptors (Lipinski definition) is 4. The van der Waals surface area contributed by atoms with Gasteiger partial charge in [0.1, 0.15) is 11.5 Å². The van der Waals surface area contributed by atoms with E-state index in [-0.39, 0.29) is 16.4 Å². The maximum atomic E-state index is 12.9. The van der Waals surface area contributed by atoms with Crippen LogP contribution in [0.25, 0.3) is 6.08 Å². The van der Waals surface area contributed by atoms with E-state index in [1.54, 1.807) is 18.2 Å². The van der Waals surface area contributed by atoms with E-state index in [1.807, 2.05) is 4.90 Å². The van der Waals surface area contributed by atoms with Crippen LogP contribution in [0, 0.1) is 15.9 Å². The summed E-state index contributed by atoms with van der Waals surface area (Å²) in [6, 6.07) is 10.3. The monoisotopic (exact) mass is 354 g/mol. The van der Waals surface area contributed by atoms with Gasteiger partial charge in [0.2, 0.25) is 0 Å². The molecule has 1 fully saturated rings. The van der Waals surface area contributed by atoms with Gasteiger partial charge in [0, 0.05) is 24.7 Å². The van der Waals surface area contributed by atoms with Gasteiger partial charge in [0.25, 0.3) is 5.69 Å². The Bertz CT molecular complexity index is 841. The van der Waals surface area contributed by atoms with Crippen LogP contribution in [-0.2, 0) is 0 Å². The number of nitro benzene ring substituents is 1. The lowest BCUT2D eigenvalue weighted by Gasteiger charge is -2.28. The van der Waals surface area contributed by atoms with E-state index in [2.05, 4.69) is 0 Å². The number of carbonyl (C=O) groups is 1. The van der Waals surface area contributed by atoms with E-state index < -0.39 is 5.82 Å². The lowest BCUT2D eigenvalue weighted by Crippen LogP contribution is -2.29. The van der Waals surface area contributed by atoms with Crippen LogP contribution in [0.1, 0.15) is 35.2 Å². The molecule has 0 spiro atoms. The van der Waals surface area contributed by atoms with E-state index in [1.165, 1.54) is 36.4 Å². The predicted octanol–water partition coefficient (Wildman–Crippen LogP) is 4.62. The number of piperidine rings is 1. The lowest BCUT2D eigenvalue weighted by molar-refractivity contribution is -0.384. The van der Waals surface area contributed by atoms with Crippen LogP contribution in [0.5, 0.6) is 0 Å². The molecular weight excluding hydrogens is 335 g/mol. The van der Waals surface area contributed by atoms with Crippen molar-refractivity contribution in [2.75, 3.05) is 18.0 Å². The summed E-state index contributed by atoms with van der Waals surface area (Å²) in [6.07, 6.45) is 6.10.